The molecule has 0 aromatic heterocycles. The highest BCUT2D eigenvalue weighted by molar-refractivity contribution is 5.82. The number of hydrogen-bond donors (Lipinski definition) is 2. The van der Waals surface area contributed by atoms with Crippen molar-refractivity contribution in [1.29, 1.82) is 0 Å². The number of carbonyl (C=O) groups is 3. The molecule has 0 aliphatic carbocycles. The molecule has 0 aromatic carbocycles. The van der Waals surface area contributed by atoms with Crippen LogP contribution in [0.2, 0.25) is 0 Å². The second kappa shape index (κ2) is 12.9. The molecule has 0 saturated heterocycles. The van der Waals surface area contributed by atoms with E-state index in [2.05, 4.69) is 0 Å². The number of hydrogen-bond acceptors (Lipinski definition) is 4. The smallest absolute Gasteiger partial charge is 0.330 e. The van der Waals surface area contributed by atoms with E-state index in [0.717, 1.165) is 6.42 Å². The molecule has 0 aliphatic heterocycles. The summed E-state index contributed by atoms with van der Waals surface area (Å²) in [5, 5.41) is 17.4. The van der Waals surface area contributed by atoms with Gasteiger partial charge < -0.3 is 19.4 Å². The summed E-state index contributed by atoms with van der Waals surface area (Å²) in [5.74, 6) is -2.35. The molecule has 0 aliphatic rings. The maximum Gasteiger partial charge on any atom is 0.330 e. The molecule has 26 heavy (non-hydrogen) atoms. The molecule has 7 nitrogen and oxygen atoms in total. The van der Waals surface area contributed by atoms with Crippen molar-refractivity contribution in [2.45, 2.75) is 38.2 Å². The molecule has 0 rings (SSSR count). The number of aliphatic carboxylic acids is 2. The summed E-state index contributed by atoms with van der Waals surface area (Å²) < 4.78 is 5.73. The van der Waals surface area contributed by atoms with E-state index in [4.69, 9.17) is 14.9 Å². The molecule has 0 amide bonds. The molecule has 0 fully saturated rings. The predicted octanol–water partition coefficient (Wildman–Crippen LogP) is 2.39. The molecular formula is C19H30NO6+. The summed E-state index contributed by atoms with van der Waals surface area (Å²) in [6, 6.07) is 0. The monoisotopic (exact) mass is 368 g/mol. The molecule has 0 heterocycles. The Balaban J connectivity index is 4.16. The van der Waals surface area contributed by atoms with Crippen molar-refractivity contribution in [3.05, 3.63) is 36.5 Å². The number of nitrogens with zero attached hydrogens (tertiary/aromatic N) is 1. The maximum absolute atomic E-state index is 11.8. The lowest BCUT2D eigenvalue weighted by Crippen LogP contribution is -2.43. The first kappa shape index (κ1) is 23.6. The minimum Gasteiger partial charge on any atom is -0.481 e. The van der Waals surface area contributed by atoms with E-state index in [1.165, 1.54) is 6.08 Å². The number of carboxylic acid groups (broad SMARTS) is 2. The van der Waals surface area contributed by atoms with Crippen molar-refractivity contribution in [1.82, 2.24) is 0 Å². The number of allylic oxidation sites excluding steroid dienone is 5. The van der Waals surface area contributed by atoms with E-state index < -0.39 is 24.0 Å². The number of carboxylic acids is 2. The Labute approximate surface area is 154 Å². The Kier molecular flexibility index (Phi) is 11.7. The first-order valence-electron chi connectivity index (χ1n) is 8.53. The maximum atomic E-state index is 11.8. The van der Waals surface area contributed by atoms with Crippen LogP contribution >= 0.6 is 0 Å². The number of likely N-dealkylation sites (N-methyl/N-ethyl adjacent to an activating group) is 1. The van der Waals surface area contributed by atoms with Gasteiger partial charge in [-0.15, -0.1) is 0 Å². The molecular weight excluding hydrogens is 338 g/mol. The quantitative estimate of drug-likeness (QED) is 0.170. The minimum absolute atomic E-state index is 0.117. The summed E-state index contributed by atoms with van der Waals surface area (Å²) in [5.41, 5.74) is 0. The lowest BCUT2D eigenvalue weighted by atomic mass is 10.2. The van der Waals surface area contributed by atoms with Gasteiger partial charge in [-0.25, -0.2) is 4.79 Å². The van der Waals surface area contributed by atoms with Crippen molar-refractivity contribution in [2.75, 3.05) is 27.7 Å². The first-order valence-corrected chi connectivity index (χ1v) is 8.53. The third-order valence-electron chi connectivity index (χ3n) is 3.10. The van der Waals surface area contributed by atoms with Crippen molar-refractivity contribution in [3.8, 4) is 0 Å². The minimum atomic E-state index is -0.998. The fraction of sp³-hybridized carbons (Fsp3) is 0.526. The fourth-order valence-corrected chi connectivity index (χ4v) is 2.08. The zero-order chi connectivity index (χ0) is 20.0. The van der Waals surface area contributed by atoms with Gasteiger partial charge in [0.2, 0.25) is 0 Å². The van der Waals surface area contributed by atoms with Crippen molar-refractivity contribution >= 4 is 17.9 Å². The number of ether oxygens (including phenoxy) is 1. The summed E-state index contributed by atoms with van der Waals surface area (Å²) in [4.78, 5) is 33.0. The lowest BCUT2D eigenvalue weighted by molar-refractivity contribution is -0.873. The predicted molar refractivity (Wildman–Crippen MR) is 98.6 cm³/mol. The van der Waals surface area contributed by atoms with Crippen LogP contribution in [0, 0.1) is 0 Å². The average Bonchev–Trinajstić information content (AvgIpc) is 2.46. The summed E-state index contributed by atoms with van der Waals surface area (Å²) in [6.45, 7) is 0.419. The molecule has 0 radical (unpaired) electrons. The topological polar surface area (TPSA) is 101 Å². The standard InChI is InChI=1S/C19H29NO6/c1-20(2,3)15-16(14-18(23)24)26-19(25)13-11-9-7-5-4-6-8-10-12-17(21)22/h4-6,8,11,13,16H,7,9-10,12,14-15H2,1-3H3,(H-,21,22,23,24)/p+1/b5-4+,8-6+,13-11+. The molecule has 0 aromatic rings. The van der Waals surface area contributed by atoms with E-state index in [-0.39, 0.29) is 12.8 Å². The second-order valence-corrected chi connectivity index (χ2v) is 6.90. The SMILES string of the molecule is C[N+](C)(C)CC(CC(=O)O)OC(=O)/C=C/CC/C=C/C=C/CCC(=O)O. The zero-order valence-electron chi connectivity index (χ0n) is 15.8. The van der Waals surface area contributed by atoms with E-state index in [1.54, 1.807) is 18.2 Å². The highest BCUT2D eigenvalue weighted by Crippen LogP contribution is 2.06. The van der Waals surface area contributed by atoms with Crippen molar-refractivity contribution < 1.29 is 33.8 Å². The molecule has 1 atom stereocenters. The van der Waals surface area contributed by atoms with Gasteiger partial charge in [-0.3, -0.25) is 9.59 Å². The number of unbranched alkanes of at least 4 members (excludes halogenated alkanes) is 1. The van der Waals surface area contributed by atoms with Gasteiger partial charge in [-0.1, -0.05) is 30.4 Å². The van der Waals surface area contributed by atoms with Gasteiger partial charge >= 0.3 is 17.9 Å². The Morgan fingerprint density at radius 2 is 1.50 bits per heavy atom. The molecule has 0 bridgehead atoms. The Morgan fingerprint density at radius 3 is 2.04 bits per heavy atom. The zero-order valence-corrected chi connectivity index (χ0v) is 15.8. The van der Waals surface area contributed by atoms with E-state index in [0.29, 0.717) is 23.9 Å². The molecule has 1 unspecified atom stereocenters. The first-order chi connectivity index (χ1) is 12.1. The lowest BCUT2D eigenvalue weighted by Gasteiger charge is -2.28. The van der Waals surface area contributed by atoms with Crippen LogP contribution in [0.5, 0.6) is 0 Å². The van der Waals surface area contributed by atoms with Gasteiger partial charge in [0, 0.05) is 12.5 Å². The van der Waals surface area contributed by atoms with Crippen LogP contribution in [-0.2, 0) is 19.1 Å². The molecule has 146 valence electrons. The van der Waals surface area contributed by atoms with E-state index >= 15 is 0 Å². The molecule has 2 N–H and O–H groups in total. The van der Waals surface area contributed by atoms with Crippen molar-refractivity contribution in [3.63, 3.8) is 0 Å². The second-order valence-electron chi connectivity index (χ2n) is 6.90. The van der Waals surface area contributed by atoms with Gasteiger partial charge in [-0.05, 0) is 19.3 Å². The molecule has 7 heteroatoms. The third-order valence-corrected chi connectivity index (χ3v) is 3.10. The third kappa shape index (κ3) is 16.4. The molecule has 0 spiro atoms. The van der Waals surface area contributed by atoms with E-state index in [9.17, 15) is 14.4 Å². The molecule has 0 saturated carbocycles. The largest absolute Gasteiger partial charge is 0.481 e. The fourth-order valence-electron chi connectivity index (χ4n) is 2.08. The van der Waals surface area contributed by atoms with Gasteiger partial charge in [0.15, 0.2) is 6.10 Å². The van der Waals surface area contributed by atoms with Crippen LogP contribution in [0.3, 0.4) is 0 Å². The Hall–Kier alpha value is -2.41. The van der Waals surface area contributed by atoms with Gasteiger partial charge in [0.1, 0.15) is 6.54 Å². The average molecular weight is 368 g/mol. The summed E-state index contributed by atoms with van der Waals surface area (Å²) in [7, 11) is 5.71. The number of carbonyl (C=O) groups excluding carboxylic acids is 1. The van der Waals surface area contributed by atoms with Crippen LogP contribution < -0.4 is 0 Å². The normalized spacial score (nSPS) is 13.5. The highest BCUT2D eigenvalue weighted by atomic mass is 16.5. The Morgan fingerprint density at radius 1 is 0.923 bits per heavy atom. The number of rotatable bonds is 13. The van der Waals surface area contributed by atoms with Crippen LogP contribution in [-0.4, -0.2) is 66.4 Å². The highest BCUT2D eigenvalue weighted by Gasteiger charge is 2.23. The van der Waals surface area contributed by atoms with Gasteiger partial charge in [0.25, 0.3) is 0 Å². The summed E-state index contributed by atoms with van der Waals surface area (Å²) >= 11 is 0. The Bertz CT molecular complexity index is 543. The number of esters is 1. The van der Waals surface area contributed by atoms with Gasteiger partial charge in [-0.2, -0.15) is 0 Å². The van der Waals surface area contributed by atoms with Crippen LogP contribution in [0.4, 0.5) is 0 Å². The van der Waals surface area contributed by atoms with Crippen molar-refractivity contribution in [2.24, 2.45) is 0 Å². The van der Waals surface area contributed by atoms with E-state index in [1.807, 2.05) is 33.3 Å². The summed E-state index contributed by atoms with van der Waals surface area (Å²) in [6.07, 6.45) is 11.4. The number of quaternary nitrogens is 1. The van der Waals surface area contributed by atoms with Gasteiger partial charge in [0.05, 0.1) is 27.6 Å². The van der Waals surface area contributed by atoms with Crippen LogP contribution in [0.25, 0.3) is 0 Å². The van der Waals surface area contributed by atoms with Crippen LogP contribution in [0.15, 0.2) is 36.5 Å². The van der Waals surface area contributed by atoms with Crippen LogP contribution in [0.1, 0.15) is 32.1 Å².